The molecule has 0 aliphatic heterocycles. The first-order valence-corrected chi connectivity index (χ1v) is 10.5. The number of hydrogen-bond donors (Lipinski definition) is 0. The molecule has 0 aliphatic carbocycles. The molecule has 0 saturated heterocycles. The first-order chi connectivity index (χ1) is 14.6. The smallest absolute Gasteiger partial charge is 0.255 e. The summed E-state index contributed by atoms with van der Waals surface area (Å²) in [4.78, 5) is 20.7. The van der Waals surface area contributed by atoms with E-state index in [4.69, 9.17) is 4.98 Å². The molecule has 0 radical (unpaired) electrons. The topological polar surface area (TPSA) is 33.2 Å². The number of carbonyl (C=O) groups is 1. The number of hydrogen-bond acceptors (Lipinski definition) is 2. The van der Waals surface area contributed by atoms with Gasteiger partial charge in [0.15, 0.2) is 0 Å². The lowest BCUT2D eigenvalue weighted by atomic mass is 9.90. The van der Waals surface area contributed by atoms with Crippen molar-refractivity contribution in [1.29, 1.82) is 0 Å². The standard InChI is InChI=1S/C27H26N2O/c1-4-29(5-2)27(30)25-22-13-9-10-14-23(22)28-26(21-11-7-6-8-12-21)24(25)20-17-15-19(3)16-18-20/h6-18H,4-5H2,1-3H3. The molecule has 150 valence electrons. The molecule has 0 aliphatic rings. The number of nitrogens with zero attached hydrogens (tertiary/aromatic N) is 2. The van der Waals surface area contributed by atoms with Crippen LogP contribution in [-0.2, 0) is 0 Å². The van der Waals surface area contributed by atoms with Crippen LogP contribution in [-0.4, -0.2) is 28.9 Å². The zero-order chi connectivity index (χ0) is 21.1. The van der Waals surface area contributed by atoms with Crippen molar-refractivity contribution in [2.24, 2.45) is 0 Å². The van der Waals surface area contributed by atoms with Gasteiger partial charge in [0.05, 0.1) is 16.8 Å². The third kappa shape index (κ3) is 3.59. The van der Waals surface area contributed by atoms with Gasteiger partial charge in [-0.15, -0.1) is 0 Å². The highest BCUT2D eigenvalue weighted by Gasteiger charge is 2.25. The molecule has 3 nitrogen and oxygen atoms in total. The van der Waals surface area contributed by atoms with Gasteiger partial charge in [0.1, 0.15) is 0 Å². The number of amides is 1. The predicted molar refractivity (Wildman–Crippen MR) is 125 cm³/mol. The van der Waals surface area contributed by atoms with Crippen LogP contribution in [0.1, 0.15) is 29.8 Å². The van der Waals surface area contributed by atoms with Gasteiger partial charge in [-0.3, -0.25) is 4.79 Å². The Bertz CT molecular complexity index is 1180. The fraction of sp³-hybridized carbons (Fsp3) is 0.185. The van der Waals surface area contributed by atoms with Gasteiger partial charge in [-0.05, 0) is 32.4 Å². The summed E-state index contributed by atoms with van der Waals surface area (Å²) in [6.45, 7) is 7.45. The number of fused-ring (bicyclic) bond motifs is 1. The van der Waals surface area contributed by atoms with Crippen molar-refractivity contribution in [2.75, 3.05) is 13.1 Å². The summed E-state index contributed by atoms with van der Waals surface area (Å²) in [6, 6.07) is 26.4. The maximum absolute atomic E-state index is 13.8. The zero-order valence-electron chi connectivity index (χ0n) is 17.7. The van der Waals surface area contributed by atoms with Gasteiger partial charge < -0.3 is 4.90 Å². The Hall–Kier alpha value is -3.46. The van der Waals surface area contributed by atoms with E-state index in [9.17, 15) is 4.79 Å². The van der Waals surface area contributed by atoms with Crippen LogP contribution in [0, 0.1) is 6.92 Å². The van der Waals surface area contributed by atoms with Crippen LogP contribution >= 0.6 is 0 Å². The average Bonchev–Trinajstić information content (AvgIpc) is 2.79. The Labute approximate surface area is 178 Å². The van der Waals surface area contributed by atoms with Crippen molar-refractivity contribution in [2.45, 2.75) is 20.8 Å². The first-order valence-electron chi connectivity index (χ1n) is 10.5. The maximum atomic E-state index is 13.8. The Morgan fingerprint density at radius 1 is 0.800 bits per heavy atom. The second-order valence-corrected chi connectivity index (χ2v) is 7.44. The van der Waals surface area contributed by atoms with E-state index in [1.54, 1.807) is 0 Å². The molecular formula is C27H26N2O. The molecular weight excluding hydrogens is 368 g/mol. The average molecular weight is 395 g/mol. The fourth-order valence-electron chi connectivity index (χ4n) is 3.91. The lowest BCUT2D eigenvalue weighted by molar-refractivity contribution is 0.0775. The van der Waals surface area contributed by atoms with Crippen molar-refractivity contribution in [3.63, 3.8) is 0 Å². The normalized spacial score (nSPS) is 10.9. The predicted octanol–water partition coefficient (Wildman–Crippen LogP) is 6.36. The molecule has 0 unspecified atom stereocenters. The summed E-state index contributed by atoms with van der Waals surface area (Å²) in [5.41, 5.74) is 6.51. The van der Waals surface area contributed by atoms with Crippen LogP contribution < -0.4 is 0 Å². The van der Waals surface area contributed by atoms with Gasteiger partial charge in [0, 0.05) is 29.6 Å². The summed E-state index contributed by atoms with van der Waals surface area (Å²) in [5.74, 6) is 0.0476. The van der Waals surface area contributed by atoms with Gasteiger partial charge in [0.2, 0.25) is 0 Å². The van der Waals surface area contributed by atoms with Crippen molar-refractivity contribution in [3.05, 3.63) is 90.0 Å². The van der Waals surface area contributed by atoms with E-state index in [2.05, 4.69) is 43.3 Å². The molecule has 1 heterocycles. The molecule has 0 saturated carbocycles. The fourth-order valence-corrected chi connectivity index (χ4v) is 3.91. The molecule has 30 heavy (non-hydrogen) atoms. The highest BCUT2D eigenvalue weighted by atomic mass is 16.2. The molecule has 3 aromatic carbocycles. The monoisotopic (exact) mass is 394 g/mol. The summed E-state index contributed by atoms with van der Waals surface area (Å²) in [5, 5.41) is 0.893. The van der Waals surface area contributed by atoms with E-state index in [1.807, 2.05) is 61.2 Å². The molecule has 3 heteroatoms. The number of carbonyl (C=O) groups excluding carboxylic acids is 1. The largest absolute Gasteiger partial charge is 0.339 e. The Morgan fingerprint density at radius 2 is 1.43 bits per heavy atom. The van der Waals surface area contributed by atoms with Crippen LogP contribution in [0.5, 0.6) is 0 Å². The van der Waals surface area contributed by atoms with Crippen LogP contribution in [0.3, 0.4) is 0 Å². The van der Waals surface area contributed by atoms with Crippen molar-refractivity contribution >= 4 is 16.8 Å². The molecule has 0 fully saturated rings. The van der Waals surface area contributed by atoms with Gasteiger partial charge in [-0.2, -0.15) is 0 Å². The summed E-state index contributed by atoms with van der Waals surface area (Å²) >= 11 is 0. The second kappa shape index (κ2) is 8.50. The minimum Gasteiger partial charge on any atom is -0.339 e. The van der Waals surface area contributed by atoms with Crippen molar-refractivity contribution in [3.8, 4) is 22.4 Å². The number of aryl methyl sites for hydroxylation is 1. The van der Waals surface area contributed by atoms with Crippen molar-refractivity contribution in [1.82, 2.24) is 9.88 Å². The minimum absolute atomic E-state index is 0.0476. The summed E-state index contributed by atoms with van der Waals surface area (Å²) in [6.07, 6.45) is 0. The highest BCUT2D eigenvalue weighted by Crippen LogP contribution is 2.38. The maximum Gasteiger partial charge on any atom is 0.255 e. The van der Waals surface area contributed by atoms with Gasteiger partial charge in [-0.25, -0.2) is 4.98 Å². The SMILES string of the molecule is CCN(CC)C(=O)c1c(-c2ccc(C)cc2)c(-c2ccccc2)nc2ccccc12. The number of pyridine rings is 1. The molecule has 0 atom stereocenters. The third-order valence-corrected chi connectivity index (χ3v) is 5.54. The van der Waals surface area contributed by atoms with Crippen LogP contribution in [0.2, 0.25) is 0 Å². The van der Waals surface area contributed by atoms with Crippen LogP contribution in [0.15, 0.2) is 78.9 Å². The molecule has 4 aromatic rings. The number of para-hydroxylation sites is 1. The Morgan fingerprint density at radius 3 is 2.10 bits per heavy atom. The third-order valence-electron chi connectivity index (χ3n) is 5.54. The number of benzene rings is 3. The van der Waals surface area contributed by atoms with Crippen molar-refractivity contribution < 1.29 is 4.79 Å². The highest BCUT2D eigenvalue weighted by molar-refractivity contribution is 6.14. The minimum atomic E-state index is 0.0476. The molecule has 4 rings (SSSR count). The van der Waals surface area contributed by atoms with Crippen LogP contribution in [0.4, 0.5) is 0 Å². The molecule has 0 N–H and O–H groups in total. The Balaban J connectivity index is 2.13. The molecule has 0 bridgehead atoms. The van der Waals surface area contributed by atoms with E-state index in [-0.39, 0.29) is 5.91 Å². The number of aromatic nitrogens is 1. The van der Waals surface area contributed by atoms with E-state index in [0.717, 1.165) is 38.9 Å². The summed E-state index contributed by atoms with van der Waals surface area (Å²) < 4.78 is 0. The molecule has 1 aromatic heterocycles. The molecule has 0 spiro atoms. The van der Waals surface area contributed by atoms with E-state index in [1.165, 1.54) is 5.56 Å². The lowest BCUT2D eigenvalue weighted by Crippen LogP contribution is -2.31. The van der Waals surface area contributed by atoms with Gasteiger partial charge in [0.25, 0.3) is 5.91 Å². The van der Waals surface area contributed by atoms with E-state index in [0.29, 0.717) is 13.1 Å². The van der Waals surface area contributed by atoms with Crippen LogP contribution in [0.25, 0.3) is 33.3 Å². The molecule has 1 amide bonds. The second-order valence-electron chi connectivity index (χ2n) is 7.44. The first kappa shape index (κ1) is 19.8. The van der Waals surface area contributed by atoms with E-state index >= 15 is 0 Å². The van der Waals surface area contributed by atoms with Gasteiger partial charge in [-0.1, -0.05) is 78.4 Å². The quantitative estimate of drug-likeness (QED) is 0.395. The Kier molecular flexibility index (Phi) is 5.62. The van der Waals surface area contributed by atoms with E-state index < -0.39 is 0 Å². The number of rotatable bonds is 5. The zero-order valence-corrected chi connectivity index (χ0v) is 17.7. The lowest BCUT2D eigenvalue weighted by Gasteiger charge is -2.23. The summed E-state index contributed by atoms with van der Waals surface area (Å²) in [7, 11) is 0. The van der Waals surface area contributed by atoms with Gasteiger partial charge >= 0.3 is 0 Å².